The van der Waals surface area contributed by atoms with E-state index in [0.29, 0.717) is 6.04 Å². The molecule has 2 rings (SSSR count). The molecule has 0 aliphatic carbocycles. The number of carbonyl (C=O) groups is 1. The van der Waals surface area contributed by atoms with Gasteiger partial charge < -0.3 is 5.11 Å². The smallest absolute Gasteiger partial charge is 0.306 e. The van der Waals surface area contributed by atoms with Gasteiger partial charge in [-0.1, -0.05) is 0 Å². The molecule has 1 aromatic heterocycles. The molecule has 0 radical (unpaired) electrons. The monoisotopic (exact) mass is 251 g/mol. The maximum atomic E-state index is 10.9. The van der Waals surface area contributed by atoms with E-state index < -0.39 is 5.97 Å². The Balaban J connectivity index is 1.85. The van der Waals surface area contributed by atoms with Gasteiger partial charge in [-0.3, -0.25) is 14.4 Å². The lowest BCUT2D eigenvalue weighted by atomic mass is 9.97. The summed E-state index contributed by atoms with van der Waals surface area (Å²) in [4.78, 5) is 13.2. The summed E-state index contributed by atoms with van der Waals surface area (Å²) >= 11 is 0. The van der Waals surface area contributed by atoms with E-state index >= 15 is 0 Å². The average molecular weight is 251 g/mol. The zero-order valence-corrected chi connectivity index (χ0v) is 11.0. The van der Waals surface area contributed by atoms with Crippen LogP contribution in [0.4, 0.5) is 0 Å². The van der Waals surface area contributed by atoms with Crippen molar-refractivity contribution in [2.75, 3.05) is 13.1 Å². The first-order valence-corrected chi connectivity index (χ1v) is 6.54. The molecule has 1 aliphatic heterocycles. The summed E-state index contributed by atoms with van der Waals surface area (Å²) < 4.78 is 1.96. The number of aliphatic carboxylic acids is 1. The predicted molar refractivity (Wildman–Crippen MR) is 68.2 cm³/mol. The number of aromatic nitrogens is 2. The zero-order valence-electron chi connectivity index (χ0n) is 11.0. The van der Waals surface area contributed by atoms with Crippen LogP contribution in [0.15, 0.2) is 12.4 Å². The SMILES string of the molecule is CC(C)n1cc(CN2CCC(C(=O)O)CC2)cn1. The summed E-state index contributed by atoms with van der Waals surface area (Å²) in [7, 11) is 0. The van der Waals surface area contributed by atoms with Crippen LogP contribution in [0.5, 0.6) is 0 Å². The molecular formula is C13H21N3O2. The van der Waals surface area contributed by atoms with Gasteiger partial charge in [0.05, 0.1) is 12.1 Å². The minimum absolute atomic E-state index is 0.153. The van der Waals surface area contributed by atoms with Crippen molar-refractivity contribution in [3.8, 4) is 0 Å². The molecule has 1 saturated heterocycles. The molecular weight excluding hydrogens is 230 g/mol. The number of rotatable bonds is 4. The fraction of sp³-hybridized carbons (Fsp3) is 0.692. The van der Waals surface area contributed by atoms with E-state index in [9.17, 15) is 4.79 Å². The lowest BCUT2D eigenvalue weighted by molar-refractivity contribution is -0.143. The number of carboxylic acids is 1. The summed E-state index contributed by atoms with van der Waals surface area (Å²) in [5.74, 6) is -0.804. The molecule has 0 unspecified atom stereocenters. The topological polar surface area (TPSA) is 58.4 Å². The van der Waals surface area contributed by atoms with Crippen LogP contribution in [0.2, 0.25) is 0 Å². The van der Waals surface area contributed by atoms with Gasteiger partial charge in [-0.05, 0) is 39.8 Å². The van der Waals surface area contributed by atoms with Crippen LogP contribution in [0.1, 0.15) is 38.3 Å². The third-order valence-electron chi connectivity index (χ3n) is 3.53. The van der Waals surface area contributed by atoms with Gasteiger partial charge in [0.2, 0.25) is 0 Å². The Morgan fingerprint density at radius 3 is 2.67 bits per heavy atom. The second-order valence-corrected chi connectivity index (χ2v) is 5.31. The lowest BCUT2D eigenvalue weighted by Gasteiger charge is -2.29. The second kappa shape index (κ2) is 5.52. The number of nitrogens with zero attached hydrogens (tertiary/aromatic N) is 3. The second-order valence-electron chi connectivity index (χ2n) is 5.31. The average Bonchev–Trinajstić information content (AvgIpc) is 2.78. The van der Waals surface area contributed by atoms with Crippen LogP contribution in [0, 0.1) is 5.92 Å². The number of hydrogen-bond acceptors (Lipinski definition) is 3. The highest BCUT2D eigenvalue weighted by Crippen LogP contribution is 2.19. The van der Waals surface area contributed by atoms with E-state index in [4.69, 9.17) is 5.11 Å². The summed E-state index contributed by atoms with van der Waals surface area (Å²) in [6.07, 6.45) is 5.50. The third kappa shape index (κ3) is 3.10. The Hall–Kier alpha value is -1.36. The molecule has 1 N–H and O–H groups in total. The van der Waals surface area contributed by atoms with Crippen molar-refractivity contribution in [1.82, 2.24) is 14.7 Å². The zero-order chi connectivity index (χ0) is 13.1. The van der Waals surface area contributed by atoms with Crippen molar-refractivity contribution in [3.05, 3.63) is 18.0 Å². The molecule has 0 bridgehead atoms. The molecule has 5 heteroatoms. The Bertz CT molecular complexity index is 406. The highest BCUT2D eigenvalue weighted by molar-refractivity contribution is 5.70. The van der Waals surface area contributed by atoms with Crippen LogP contribution < -0.4 is 0 Å². The predicted octanol–water partition coefficient (Wildman–Crippen LogP) is 1.76. The standard InChI is InChI=1S/C13H21N3O2/c1-10(2)16-9-11(7-14-16)8-15-5-3-12(4-6-15)13(17)18/h7,9-10,12H,3-6,8H2,1-2H3,(H,17,18). The van der Waals surface area contributed by atoms with Crippen molar-refractivity contribution in [2.24, 2.45) is 5.92 Å². The number of hydrogen-bond donors (Lipinski definition) is 1. The first-order chi connectivity index (χ1) is 8.56. The Morgan fingerprint density at radius 2 is 2.17 bits per heavy atom. The maximum absolute atomic E-state index is 10.9. The Morgan fingerprint density at radius 1 is 1.50 bits per heavy atom. The molecule has 1 fully saturated rings. The Kier molecular flexibility index (Phi) is 4.01. The molecule has 2 heterocycles. The molecule has 100 valence electrons. The highest BCUT2D eigenvalue weighted by Gasteiger charge is 2.24. The van der Waals surface area contributed by atoms with E-state index in [0.717, 1.165) is 32.5 Å². The minimum Gasteiger partial charge on any atom is -0.481 e. The minimum atomic E-state index is -0.651. The third-order valence-corrected chi connectivity index (χ3v) is 3.53. The fourth-order valence-electron chi connectivity index (χ4n) is 2.34. The molecule has 18 heavy (non-hydrogen) atoms. The largest absolute Gasteiger partial charge is 0.481 e. The number of carboxylic acid groups (broad SMARTS) is 1. The summed E-state index contributed by atoms with van der Waals surface area (Å²) in [5.41, 5.74) is 1.21. The quantitative estimate of drug-likeness (QED) is 0.886. The molecule has 0 aromatic carbocycles. The molecule has 5 nitrogen and oxygen atoms in total. The van der Waals surface area contributed by atoms with Gasteiger partial charge in [0.15, 0.2) is 0 Å². The van der Waals surface area contributed by atoms with E-state index in [1.807, 2.05) is 10.9 Å². The van der Waals surface area contributed by atoms with Crippen LogP contribution >= 0.6 is 0 Å². The van der Waals surface area contributed by atoms with Gasteiger partial charge in [0.25, 0.3) is 0 Å². The summed E-state index contributed by atoms with van der Waals surface area (Å²) in [6, 6.07) is 0.386. The first-order valence-electron chi connectivity index (χ1n) is 6.54. The first kappa shape index (κ1) is 13.1. The van der Waals surface area contributed by atoms with Crippen molar-refractivity contribution in [1.29, 1.82) is 0 Å². The number of likely N-dealkylation sites (tertiary alicyclic amines) is 1. The van der Waals surface area contributed by atoms with Crippen LogP contribution in [-0.2, 0) is 11.3 Å². The van der Waals surface area contributed by atoms with E-state index in [1.165, 1.54) is 5.56 Å². The van der Waals surface area contributed by atoms with E-state index in [1.54, 1.807) is 0 Å². The fourth-order valence-corrected chi connectivity index (χ4v) is 2.34. The normalized spacial score (nSPS) is 18.4. The van der Waals surface area contributed by atoms with Gasteiger partial charge in [-0.2, -0.15) is 5.10 Å². The van der Waals surface area contributed by atoms with Crippen molar-refractivity contribution >= 4 is 5.97 Å². The maximum Gasteiger partial charge on any atom is 0.306 e. The molecule has 0 amide bonds. The highest BCUT2D eigenvalue weighted by atomic mass is 16.4. The van der Waals surface area contributed by atoms with Crippen LogP contribution in [0.3, 0.4) is 0 Å². The van der Waals surface area contributed by atoms with Gasteiger partial charge in [0, 0.05) is 24.3 Å². The molecule has 0 saturated carbocycles. The van der Waals surface area contributed by atoms with Crippen molar-refractivity contribution in [2.45, 2.75) is 39.3 Å². The van der Waals surface area contributed by atoms with Crippen molar-refractivity contribution < 1.29 is 9.90 Å². The van der Waals surface area contributed by atoms with E-state index in [-0.39, 0.29) is 5.92 Å². The van der Waals surface area contributed by atoms with Gasteiger partial charge in [-0.15, -0.1) is 0 Å². The molecule has 1 aliphatic rings. The molecule has 1 aromatic rings. The van der Waals surface area contributed by atoms with Gasteiger partial charge >= 0.3 is 5.97 Å². The van der Waals surface area contributed by atoms with Crippen LogP contribution in [-0.4, -0.2) is 38.8 Å². The van der Waals surface area contributed by atoms with E-state index in [2.05, 4.69) is 30.0 Å². The lowest BCUT2D eigenvalue weighted by Crippen LogP contribution is -2.35. The van der Waals surface area contributed by atoms with Gasteiger partial charge in [-0.25, -0.2) is 0 Å². The Labute approximate surface area is 107 Å². The summed E-state index contributed by atoms with van der Waals surface area (Å²) in [5, 5.41) is 13.3. The number of piperidine rings is 1. The van der Waals surface area contributed by atoms with Crippen LogP contribution in [0.25, 0.3) is 0 Å². The van der Waals surface area contributed by atoms with Crippen molar-refractivity contribution in [3.63, 3.8) is 0 Å². The molecule has 0 spiro atoms. The molecule has 0 atom stereocenters. The van der Waals surface area contributed by atoms with Gasteiger partial charge in [0.1, 0.15) is 0 Å². The summed E-state index contributed by atoms with van der Waals surface area (Å²) in [6.45, 7) is 6.82.